The molecule has 1 rings (SSSR count). The summed E-state index contributed by atoms with van der Waals surface area (Å²) in [6, 6.07) is 0. The third-order valence-electron chi connectivity index (χ3n) is 3.06. The lowest BCUT2D eigenvalue weighted by atomic mass is 10.1. The first-order valence-corrected chi connectivity index (χ1v) is 6.24. The molecule has 0 saturated carbocycles. The fourth-order valence-electron chi connectivity index (χ4n) is 1.99. The van der Waals surface area contributed by atoms with Gasteiger partial charge in [-0.25, -0.2) is 0 Å². The van der Waals surface area contributed by atoms with Gasteiger partial charge < -0.3 is 15.5 Å². The zero-order chi connectivity index (χ0) is 12.1. The molecule has 1 amide bonds. The van der Waals surface area contributed by atoms with Crippen molar-refractivity contribution in [2.75, 3.05) is 32.7 Å². The maximum absolute atomic E-state index is 12.0. The minimum atomic E-state index is -0.0781. The summed E-state index contributed by atoms with van der Waals surface area (Å²) in [5.74, 6) is 0.106. The highest BCUT2D eigenvalue weighted by molar-refractivity contribution is 7.80. The third kappa shape index (κ3) is 3.72. The Morgan fingerprint density at radius 1 is 1.38 bits per heavy atom. The number of hydrogen-bond acceptors (Lipinski definition) is 3. The second kappa shape index (κ2) is 6.15. The molecule has 1 atom stereocenters. The summed E-state index contributed by atoms with van der Waals surface area (Å²) in [4.78, 5) is 16.7. The number of hydrogen-bond donors (Lipinski definition) is 1. The second-order valence-corrected chi connectivity index (χ2v) is 4.86. The lowest BCUT2D eigenvalue weighted by molar-refractivity contribution is -0.136. The van der Waals surface area contributed by atoms with Crippen molar-refractivity contribution < 1.29 is 4.79 Å². The van der Waals surface area contributed by atoms with E-state index in [0.29, 0.717) is 11.4 Å². The molecule has 0 aliphatic carbocycles. The molecule has 0 bridgehead atoms. The number of carbonyl (C=O) groups is 1. The number of thiocarbonyl (C=S) groups is 1. The standard InChI is InChI=1S/C11H21N3OS/c1-3-13-4-6-14(7-5-13)11(15)9(2)8-10(12)16/h9H,3-8H2,1-2H3,(H2,12,16). The van der Waals surface area contributed by atoms with Crippen molar-refractivity contribution in [2.24, 2.45) is 11.7 Å². The van der Waals surface area contributed by atoms with Gasteiger partial charge in [0.1, 0.15) is 0 Å². The molecule has 1 aliphatic rings. The van der Waals surface area contributed by atoms with Crippen molar-refractivity contribution in [1.29, 1.82) is 0 Å². The summed E-state index contributed by atoms with van der Waals surface area (Å²) >= 11 is 4.83. The van der Waals surface area contributed by atoms with Crippen LogP contribution in [0.25, 0.3) is 0 Å². The molecule has 1 saturated heterocycles. The van der Waals surface area contributed by atoms with Gasteiger partial charge in [-0.05, 0) is 6.54 Å². The smallest absolute Gasteiger partial charge is 0.225 e. The van der Waals surface area contributed by atoms with Gasteiger partial charge in [0.2, 0.25) is 5.91 Å². The highest BCUT2D eigenvalue weighted by atomic mass is 32.1. The summed E-state index contributed by atoms with van der Waals surface area (Å²) in [6.07, 6.45) is 0.516. The van der Waals surface area contributed by atoms with Crippen molar-refractivity contribution in [3.05, 3.63) is 0 Å². The second-order valence-electron chi connectivity index (χ2n) is 4.33. The zero-order valence-electron chi connectivity index (χ0n) is 10.1. The number of rotatable bonds is 4. The molecule has 1 heterocycles. The summed E-state index contributed by atoms with van der Waals surface area (Å²) < 4.78 is 0. The number of carbonyl (C=O) groups excluding carboxylic acids is 1. The lowest BCUT2D eigenvalue weighted by Gasteiger charge is -2.35. The van der Waals surface area contributed by atoms with Crippen molar-refractivity contribution in [2.45, 2.75) is 20.3 Å². The van der Waals surface area contributed by atoms with Gasteiger partial charge in [0.05, 0.1) is 4.99 Å². The van der Waals surface area contributed by atoms with Gasteiger partial charge in [0, 0.05) is 38.5 Å². The number of likely N-dealkylation sites (N-methyl/N-ethyl adjacent to an activating group) is 1. The first kappa shape index (κ1) is 13.4. The molecule has 0 spiro atoms. The molecule has 0 aromatic carbocycles. The Labute approximate surface area is 103 Å². The van der Waals surface area contributed by atoms with Crippen molar-refractivity contribution in [3.8, 4) is 0 Å². The maximum atomic E-state index is 12.0. The van der Waals surface area contributed by atoms with Crippen molar-refractivity contribution in [1.82, 2.24) is 9.80 Å². The minimum Gasteiger partial charge on any atom is -0.393 e. The van der Waals surface area contributed by atoms with E-state index in [9.17, 15) is 4.79 Å². The Bertz CT molecular complexity index is 262. The Balaban J connectivity index is 2.40. The normalized spacial score (nSPS) is 19.5. The molecule has 92 valence electrons. The average molecular weight is 243 g/mol. The van der Waals surface area contributed by atoms with E-state index in [1.54, 1.807) is 0 Å². The minimum absolute atomic E-state index is 0.0781. The SMILES string of the molecule is CCN1CCN(C(=O)C(C)CC(N)=S)CC1. The first-order valence-electron chi connectivity index (χ1n) is 5.84. The van der Waals surface area contributed by atoms with E-state index < -0.39 is 0 Å². The molecular formula is C11H21N3OS. The highest BCUT2D eigenvalue weighted by Gasteiger charge is 2.24. The van der Waals surface area contributed by atoms with Crippen LogP contribution in [0, 0.1) is 5.92 Å². The van der Waals surface area contributed by atoms with Crippen LogP contribution >= 0.6 is 12.2 Å². The molecule has 1 fully saturated rings. The van der Waals surface area contributed by atoms with Crippen LogP contribution in [-0.4, -0.2) is 53.4 Å². The number of nitrogens with zero attached hydrogens (tertiary/aromatic N) is 2. The molecule has 1 unspecified atom stereocenters. The molecule has 5 heteroatoms. The number of nitrogens with two attached hydrogens (primary N) is 1. The molecule has 0 aromatic heterocycles. The van der Waals surface area contributed by atoms with Gasteiger partial charge in [0.25, 0.3) is 0 Å². The Kier molecular flexibility index (Phi) is 5.15. The maximum Gasteiger partial charge on any atom is 0.225 e. The zero-order valence-corrected chi connectivity index (χ0v) is 10.9. The number of piperazine rings is 1. The summed E-state index contributed by atoms with van der Waals surface area (Å²) in [5.41, 5.74) is 5.46. The third-order valence-corrected chi connectivity index (χ3v) is 3.23. The van der Waals surface area contributed by atoms with Crippen LogP contribution in [0.1, 0.15) is 20.3 Å². The summed E-state index contributed by atoms with van der Waals surface area (Å²) in [6.45, 7) is 8.71. The van der Waals surface area contributed by atoms with E-state index in [0.717, 1.165) is 32.7 Å². The van der Waals surface area contributed by atoms with Gasteiger partial charge in [0.15, 0.2) is 0 Å². The van der Waals surface area contributed by atoms with Crippen molar-refractivity contribution in [3.63, 3.8) is 0 Å². The van der Waals surface area contributed by atoms with Crippen LogP contribution in [0.3, 0.4) is 0 Å². The van der Waals surface area contributed by atoms with E-state index in [-0.39, 0.29) is 11.8 Å². The van der Waals surface area contributed by atoms with Gasteiger partial charge in [-0.1, -0.05) is 26.1 Å². The Morgan fingerprint density at radius 2 is 1.94 bits per heavy atom. The quantitative estimate of drug-likeness (QED) is 0.729. The monoisotopic (exact) mass is 243 g/mol. The average Bonchev–Trinajstić information content (AvgIpc) is 2.27. The predicted octanol–water partition coefficient (Wildman–Crippen LogP) is 0.463. The molecule has 0 radical (unpaired) electrons. The van der Waals surface area contributed by atoms with Crippen LogP contribution in [0.4, 0.5) is 0 Å². The Morgan fingerprint density at radius 3 is 2.38 bits per heavy atom. The molecular weight excluding hydrogens is 222 g/mol. The van der Waals surface area contributed by atoms with Gasteiger partial charge in [-0.2, -0.15) is 0 Å². The first-order chi connectivity index (χ1) is 7.54. The number of amides is 1. The summed E-state index contributed by atoms with van der Waals surface area (Å²) in [7, 11) is 0. The van der Waals surface area contributed by atoms with Gasteiger partial charge in [-0.3, -0.25) is 4.79 Å². The fourth-order valence-corrected chi connectivity index (χ4v) is 2.24. The molecule has 0 aromatic rings. The van der Waals surface area contributed by atoms with E-state index >= 15 is 0 Å². The lowest BCUT2D eigenvalue weighted by Crippen LogP contribution is -2.50. The van der Waals surface area contributed by atoms with E-state index in [1.165, 1.54) is 0 Å². The highest BCUT2D eigenvalue weighted by Crippen LogP contribution is 2.10. The summed E-state index contributed by atoms with van der Waals surface area (Å²) in [5, 5.41) is 0. The Hall–Kier alpha value is -0.680. The van der Waals surface area contributed by atoms with Crippen LogP contribution in [0.15, 0.2) is 0 Å². The van der Waals surface area contributed by atoms with Crippen molar-refractivity contribution >= 4 is 23.1 Å². The predicted molar refractivity (Wildman–Crippen MR) is 69.3 cm³/mol. The largest absolute Gasteiger partial charge is 0.393 e. The van der Waals surface area contributed by atoms with Gasteiger partial charge in [-0.15, -0.1) is 0 Å². The van der Waals surface area contributed by atoms with E-state index in [4.69, 9.17) is 18.0 Å². The van der Waals surface area contributed by atoms with E-state index in [1.807, 2.05) is 11.8 Å². The molecule has 16 heavy (non-hydrogen) atoms. The van der Waals surface area contributed by atoms with Gasteiger partial charge >= 0.3 is 0 Å². The van der Waals surface area contributed by atoms with Crippen LogP contribution in [-0.2, 0) is 4.79 Å². The molecule has 4 nitrogen and oxygen atoms in total. The molecule has 1 aliphatic heterocycles. The fraction of sp³-hybridized carbons (Fsp3) is 0.818. The van der Waals surface area contributed by atoms with Crippen LogP contribution < -0.4 is 5.73 Å². The van der Waals surface area contributed by atoms with Crippen LogP contribution in [0.2, 0.25) is 0 Å². The van der Waals surface area contributed by atoms with E-state index in [2.05, 4.69) is 11.8 Å². The van der Waals surface area contributed by atoms with Crippen LogP contribution in [0.5, 0.6) is 0 Å². The topological polar surface area (TPSA) is 49.6 Å². The molecule has 2 N–H and O–H groups in total.